The molecule has 5 heteroatoms. The maximum Gasteiger partial charge on any atom is 0.277 e. The third kappa shape index (κ3) is 3.27. The van der Waals surface area contributed by atoms with Crippen LogP contribution in [0.5, 0.6) is 11.5 Å². The lowest BCUT2D eigenvalue weighted by molar-refractivity contribution is -0.383. The topological polar surface area (TPSA) is 61.6 Å². The molecule has 29 heavy (non-hydrogen) atoms. The van der Waals surface area contributed by atoms with Crippen molar-refractivity contribution in [1.29, 1.82) is 0 Å². The van der Waals surface area contributed by atoms with Crippen molar-refractivity contribution in [2.24, 2.45) is 0 Å². The second-order valence-electron chi connectivity index (χ2n) is 6.56. The van der Waals surface area contributed by atoms with Crippen molar-refractivity contribution < 1.29 is 14.4 Å². The molecule has 0 unspecified atom stereocenters. The molecule has 0 heterocycles. The van der Waals surface area contributed by atoms with Crippen molar-refractivity contribution in [2.45, 2.75) is 0 Å². The fourth-order valence-electron chi connectivity index (χ4n) is 3.62. The van der Waals surface area contributed by atoms with Crippen LogP contribution in [0.1, 0.15) is 0 Å². The Balaban J connectivity index is 1.97. The van der Waals surface area contributed by atoms with Crippen LogP contribution in [0.4, 0.5) is 5.69 Å². The first-order valence-corrected chi connectivity index (χ1v) is 9.12. The zero-order chi connectivity index (χ0) is 20.4. The summed E-state index contributed by atoms with van der Waals surface area (Å²) in [7, 11) is 3.10. The van der Waals surface area contributed by atoms with Gasteiger partial charge in [0.25, 0.3) is 5.69 Å². The van der Waals surface area contributed by atoms with Crippen molar-refractivity contribution in [2.75, 3.05) is 14.2 Å². The molecule has 4 aromatic rings. The van der Waals surface area contributed by atoms with Crippen molar-refractivity contribution in [3.8, 4) is 33.8 Å². The Hall–Kier alpha value is -3.86. The number of fused-ring (bicyclic) bond motifs is 1. The molecule has 0 aliphatic carbocycles. The summed E-state index contributed by atoms with van der Waals surface area (Å²) in [5, 5.41) is 12.8. The van der Waals surface area contributed by atoms with E-state index >= 15 is 0 Å². The smallest absolute Gasteiger partial charge is 0.277 e. The average Bonchev–Trinajstić information content (AvgIpc) is 2.77. The van der Waals surface area contributed by atoms with E-state index in [1.54, 1.807) is 19.2 Å². The van der Waals surface area contributed by atoms with E-state index in [1.165, 1.54) is 13.2 Å². The Morgan fingerprint density at radius 3 is 2.00 bits per heavy atom. The van der Waals surface area contributed by atoms with Crippen LogP contribution in [-0.4, -0.2) is 19.1 Å². The van der Waals surface area contributed by atoms with Crippen LogP contribution in [-0.2, 0) is 0 Å². The molecule has 0 bridgehead atoms. The summed E-state index contributed by atoms with van der Waals surface area (Å²) in [6.45, 7) is 0. The first kappa shape index (κ1) is 18.5. The van der Waals surface area contributed by atoms with Crippen molar-refractivity contribution in [3.05, 3.63) is 89.0 Å². The molecular weight excluding hydrogens is 366 g/mol. The lowest BCUT2D eigenvalue weighted by Crippen LogP contribution is -1.97. The summed E-state index contributed by atoms with van der Waals surface area (Å²) in [6.07, 6.45) is 0. The predicted molar refractivity (Wildman–Crippen MR) is 115 cm³/mol. The SMILES string of the molecule is COc1cc2c([N+](=O)[O-])cccc2c(-c2ccc(-c3ccccc3)cc2)c1OC. The van der Waals surface area contributed by atoms with E-state index in [2.05, 4.69) is 12.1 Å². The number of non-ortho nitro benzene ring substituents is 1. The summed E-state index contributed by atoms with van der Waals surface area (Å²) in [5.74, 6) is 1.00. The summed E-state index contributed by atoms with van der Waals surface area (Å²) in [6, 6.07) is 24.9. The van der Waals surface area contributed by atoms with Gasteiger partial charge in [-0.3, -0.25) is 10.1 Å². The van der Waals surface area contributed by atoms with Gasteiger partial charge < -0.3 is 9.47 Å². The Bertz CT molecular complexity index is 1190. The fraction of sp³-hybridized carbons (Fsp3) is 0.0833. The quantitative estimate of drug-likeness (QED) is 0.308. The first-order valence-electron chi connectivity index (χ1n) is 9.12. The minimum absolute atomic E-state index is 0.0330. The number of benzene rings is 4. The number of rotatable bonds is 5. The van der Waals surface area contributed by atoms with Gasteiger partial charge in [0.05, 0.1) is 24.5 Å². The summed E-state index contributed by atoms with van der Waals surface area (Å²) in [5.41, 5.74) is 3.91. The largest absolute Gasteiger partial charge is 0.493 e. The highest BCUT2D eigenvalue weighted by molar-refractivity contribution is 6.05. The van der Waals surface area contributed by atoms with E-state index in [4.69, 9.17) is 9.47 Å². The maximum atomic E-state index is 11.6. The van der Waals surface area contributed by atoms with Crippen LogP contribution in [0.15, 0.2) is 78.9 Å². The second kappa shape index (κ2) is 7.64. The normalized spacial score (nSPS) is 10.7. The zero-order valence-corrected chi connectivity index (χ0v) is 16.1. The van der Waals surface area contributed by atoms with Gasteiger partial charge in [0.15, 0.2) is 11.5 Å². The predicted octanol–water partition coefficient (Wildman–Crippen LogP) is 6.10. The number of methoxy groups -OCH3 is 2. The van der Waals surface area contributed by atoms with Gasteiger partial charge in [-0.1, -0.05) is 66.7 Å². The molecule has 0 saturated carbocycles. The molecule has 0 amide bonds. The van der Waals surface area contributed by atoms with Crippen LogP contribution in [0.3, 0.4) is 0 Å². The van der Waals surface area contributed by atoms with Crippen LogP contribution in [0, 0.1) is 10.1 Å². The summed E-state index contributed by atoms with van der Waals surface area (Å²) < 4.78 is 11.1. The molecule has 4 rings (SSSR count). The van der Waals surface area contributed by atoms with E-state index in [-0.39, 0.29) is 10.6 Å². The van der Waals surface area contributed by atoms with Crippen LogP contribution < -0.4 is 9.47 Å². The van der Waals surface area contributed by atoms with Gasteiger partial charge in [-0.25, -0.2) is 0 Å². The number of nitro benzene ring substituents is 1. The Morgan fingerprint density at radius 2 is 1.38 bits per heavy atom. The molecule has 5 nitrogen and oxygen atoms in total. The third-order valence-electron chi connectivity index (χ3n) is 4.98. The number of hydrogen-bond acceptors (Lipinski definition) is 4. The molecule has 0 fully saturated rings. The lowest BCUT2D eigenvalue weighted by Gasteiger charge is -2.16. The first-order chi connectivity index (χ1) is 14.1. The standard InChI is InChI=1S/C24H19NO4/c1-28-22-15-20-19(9-6-10-21(20)25(26)27)23(24(22)29-2)18-13-11-17(12-14-18)16-7-4-3-5-8-16/h3-15H,1-2H3. The molecule has 0 N–H and O–H groups in total. The molecule has 0 saturated heterocycles. The molecule has 0 aliphatic rings. The van der Waals surface area contributed by atoms with Crippen LogP contribution in [0.2, 0.25) is 0 Å². The van der Waals surface area contributed by atoms with E-state index < -0.39 is 0 Å². The van der Waals surface area contributed by atoms with Gasteiger partial charge in [0, 0.05) is 17.0 Å². The van der Waals surface area contributed by atoms with E-state index in [0.29, 0.717) is 16.9 Å². The van der Waals surface area contributed by atoms with Gasteiger partial charge in [0.1, 0.15) is 0 Å². The van der Waals surface area contributed by atoms with Crippen molar-refractivity contribution >= 4 is 16.5 Å². The molecule has 144 valence electrons. The lowest BCUT2D eigenvalue weighted by atomic mass is 9.94. The monoisotopic (exact) mass is 385 g/mol. The van der Waals surface area contributed by atoms with Crippen molar-refractivity contribution in [1.82, 2.24) is 0 Å². The molecule has 4 aromatic carbocycles. The molecule has 0 spiro atoms. The van der Waals surface area contributed by atoms with Gasteiger partial charge in [-0.05, 0) is 22.8 Å². The Morgan fingerprint density at radius 1 is 0.724 bits per heavy atom. The number of nitro groups is 1. The number of nitrogens with zero attached hydrogens (tertiary/aromatic N) is 1. The molecule has 0 aromatic heterocycles. The summed E-state index contributed by atoms with van der Waals surface area (Å²) in [4.78, 5) is 11.2. The third-order valence-corrected chi connectivity index (χ3v) is 4.98. The molecule has 0 atom stereocenters. The van der Waals surface area contributed by atoms with Crippen LogP contribution in [0.25, 0.3) is 33.0 Å². The summed E-state index contributed by atoms with van der Waals surface area (Å²) >= 11 is 0. The van der Waals surface area contributed by atoms with Crippen molar-refractivity contribution in [3.63, 3.8) is 0 Å². The van der Waals surface area contributed by atoms with E-state index in [0.717, 1.165) is 27.6 Å². The van der Waals surface area contributed by atoms with E-state index in [9.17, 15) is 10.1 Å². The number of ether oxygens (including phenoxy) is 2. The minimum Gasteiger partial charge on any atom is -0.493 e. The van der Waals surface area contributed by atoms with Gasteiger partial charge >= 0.3 is 0 Å². The van der Waals surface area contributed by atoms with Gasteiger partial charge in [0.2, 0.25) is 0 Å². The molecule has 0 aliphatic heterocycles. The molecular formula is C24H19NO4. The maximum absolute atomic E-state index is 11.6. The van der Waals surface area contributed by atoms with Gasteiger partial charge in [-0.2, -0.15) is 0 Å². The average molecular weight is 385 g/mol. The second-order valence-corrected chi connectivity index (χ2v) is 6.56. The van der Waals surface area contributed by atoms with E-state index in [1.807, 2.05) is 48.5 Å². The number of hydrogen-bond donors (Lipinski definition) is 0. The minimum atomic E-state index is -0.378. The molecule has 0 radical (unpaired) electrons. The zero-order valence-electron chi connectivity index (χ0n) is 16.1. The van der Waals surface area contributed by atoms with Gasteiger partial charge in [-0.15, -0.1) is 0 Å². The fourth-order valence-corrected chi connectivity index (χ4v) is 3.62. The highest BCUT2D eigenvalue weighted by Gasteiger charge is 2.21. The Labute approximate surface area is 168 Å². The highest BCUT2D eigenvalue weighted by atomic mass is 16.6. The highest BCUT2D eigenvalue weighted by Crippen LogP contribution is 2.46. The van der Waals surface area contributed by atoms with Crippen LogP contribution >= 0.6 is 0 Å². The Kier molecular flexibility index (Phi) is 4.87.